The summed E-state index contributed by atoms with van der Waals surface area (Å²) in [7, 11) is 0. The topological polar surface area (TPSA) is 48.5 Å². The SMILES string of the molecule is CCn1cc(-c2cc(C(F)(F)F)c3c(C)nn(-c4ccccc4F)c3n2)cn1. The monoisotopic (exact) mass is 389 g/mol. The Hall–Kier alpha value is -3.23. The summed E-state index contributed by atoms with van der Waals surface area (Å²) < 4.78 is 58.4. The Morgan fingerprint density at radius 2 is 1.89 bits per heavy atom. The molecule has 0 aliphatic carbocycles. The lowest BCUT2D eigenvalue weighted by Gasteiger charge is -2.11. The Kier molecular flexibility index (Phi) is 4.17. The zero-order valence-corrected chi connectivity index (χ0v) is 15.0. The van der Waals surface area contributed by atoms with Gasteiger partial charge in [0.1, 0.15) is 11.5 Å². The molecule has 28 heavy (non-hydrogen) atoms. The molecule has 5 nitrogen and oxygen atoms in total. The highest BCUT2D eigenvalue weighted by molar-refractivity contribution is 5.86. The Morgan fingerprint density at radius 1 is 1.14 bits per heavy atom. The van der Waals surface area contributed by atoms with Gasteiger partial charge in [-0.3, -0.25) is 4.68 Å². The van der Waals surface area contributed by atoms with Crippen LogP contribution in [-0.4, -0.2) is 24.5 Å². The zero-order valence-electron chi connectivity index (χ0n) is 15.0. The lowest BCUT2D eigenvalue weighted by molar-refractivity contribution is -0.136. The van der Waals surface area contributed by atoms with Crippen molar-refractivity contribution in [2.75, 3.05) is 0 Å². The van der Waals surface area contributed by atoms with Crippen LogP contribution in [0.5, 0.6) is 0 Å². The van der Waals surface area contributed by atoms with Crippen LogP contribution < -0.4 is 0 Å². The summed E-state index contributed by atoms with van der Waals surface area (Å²) in [6, 6.07) is 6.73. The quantitative estimate of drug-likeness (QED) is 0.474. The van der Waals surface area contributed by atoms with E-state index in [0.29, 0.717) is 12.1 Å². The van der Waals surface area contributed by atoms with Gasteiger partial charge < -0.3 is 0 Å². The maximum absolute atomic E-state index is 14.3. The second-order valence-electron chi connectivity index (χ2n) is 6.28. The fourth-order valence-electron chi connectivity index (χ4n) is 3.12. The molecule has 0 amide bonds. The average Bonchev–Trinajstić information content (AvgIpc) is 3.26. The van der Waals surface area contributed by atoms with Gasteiger partial charge in [-0.25, -0.2) is 14.1 Å². The van der Waals surface area contributed by atoms with Crippen LogP contribution in [0, 0.1) is 12.7 Å². The van der Waals surface area contributed by atoms with Crippen molar-refractivity contribution in [1.82, 2.24) is 24.5 Å². The summed E-state index contributed by atoms with van der Waals surface area (Å²) in [6.07, 6.45) is -1.55. The van der Waals surface area contributed by atoms with E-state index in [1.54, 1.807) is 16.9 Å². The van der Waals surface area contributed by atoms with Crippen molar-refractivity contribution in [2.45, 2.75) is 26.6 Å². The van der Waals surface area contributed by atoms with Gasteiger partial charge in [-0.05, 0) is 32.0 Å². The second-order valence-corrected chi connectivity index (χ2v) is 6.28. The van der Waals surface area contributed by atoms with E-state index < -0.39 is 17.6 Å². The molecule has 3 heterocycles. The van der Waals surface area contributed by atoms with Crippen LogP contribution >= 0.6 is 0 Å². The third-order valence-electron chi connectivity index (χ3n) is 4.45. The van der Waals surface area contributed by atoms with E-state index in [1.807, 2.05) is 6.92 Å². The maximum atomic E-state index is 14.3. The minimum atomic E-state index is -4.62. The van der Waals surface area contributed by atoms with Crippen molar-refractivity contribution in [3.63, 3.8) is 0 Å². The Labute approximate surface area is 157 Å². The smallest absolute Gasteiger partial charge is 0.272 e. The number of nitrogens with zero attached hydrogens (tertiary/aromatic N) is 5. The molecule has 4 rings (SSSR count). The molecule has 0 bridgehead atoms. The first-order valence-corrected chi connectivity index (χ1v) is 8.55. The van der Waals surface area contributed by atoms with Gasteiger partial charge in [0.2, 0.25) is 0 Å². The average molecular weight is 389 g/mol. The third-order valence-corrected chi connectivity index (χ3v) is 4.45. The fraction of sp³-hybridized carbons (Fsp3) is 0.211. The summed E-state index contributed by atoms with van der Waals surface area (Å²) >= 11 is 0. The largest absolute Gasteiger partial charge is 0.417 e. The number of benzene rings is 1. The molecule has 0 saturated carbocycles. The third kappa shape index (κ3) is 2.92. The summed E-state index contributed by atoms with van der Waals surface area (Å²) in [5, 5.41) is 8.09. The highest BCUT2D eigenvalue weighted by Gasteiger charge is 2.36. The number of aryl methyl sites for hydroxylation is 2. The van der Waals surface area contributed by atoms with Crippen LogP contribution in [0.4, 0.5) is 17.6 Å². The zero-order chi connectivity index (χ0) is 20.1. The van der Waals surface area contributed by atoms with Crippen molar-refractivity contribution in [2.24, 2.45) is 0 Å². The van der Waals surface area contributed by atoms with Crippen LogP contribution in [0.2, 0.25) is 0 Å². The highest BCUT2D eigenvalue weighted by atomic mass is 19.4. The molecule has 0 aliphatic rings. The Bertz CT molecular complexity index is 1170. The van der Waals surface area contributed by atoms with E-state index in [0.717, 1.165) is 10.7 Å². The molecular weight excluding hydrogens is 374 g/mol. The molecule has 0 fully saturated rings. The predicted octanol–water partition coefficient (Wildman–Crippen LogP) is 4.77. The lowest BCUT2D eigenvalue weighted by atomic mass is 10.1. The molecule has 1 aromatic carbocycles. The molecule has 0 N–H and O–H groups in total. The van der Waals surface area contributed by atoms with Crippen molar-refractivity contribution in [3.8, 4) is 16.9 Å². The summed E-state index contributed by atoms with van der Waals surface area (Å²) in [5.74, 6) is -0.605. The van der Waals surface area contributed by atoms with E-state index >= 15 is 0 Å². The maximum Gasteiger partial charge on any atom is 0.417 e. The van der Waals surface area contributed by atoms with Crippen LogP contribution in [0.25, 0.3) is 28.0 Å². The standard InChI is InChI=1S/C19H15F4N5/c1-3-27-10-12(9-24-27)15-8-13(19(21,22)23)17-11(2)26-28(18(17)25-15)16-7-5-4-6-14(16)20/h4-10H,3H2,1-2H3. The van der Waals surface area contributed by atoms with Crippen LogP contribution in [0.1, 0.15) is 18.2 Å². The first-order valence-electron chi connectivity index (χ1n) is 8.55. The van der Waals surface area contributed by atoms with Gasteiger partial charge >= 0.3 is 6.18 Å². The van der Waals surface area contributed by atoms with Gasteiger partial charge in [-0.1, -0.05) is 12.1 Å². The number of para-hydroxylation sites is 1. The number of pyridine rings is 1. The van der Waals surface area contributed by atoms with Crippen LogP contribution in [-0.2, 0) is 12.7 Å². The lowest BCUT2D eigenvalue weighted by Crippen LogP contribution is -2.08. The molecule has 0 aliphatic heterocycles. The normalized spacial score (nSPS) is 12.1. The summed E-state index contributed by atoms with van der Waals surface area (Å²) in [4.78, 5) is 4.39. The van der Waals surface area contributed by atoms with E-state index in [-0.39, 0.29) is 28.1 Å². The molecule has 0 radical (unpaired) electrons. The number of fused-ring (bicyclic) bond motifs is 1. The first-order chi connectivity index (χ1) is 13.3. The highest BCUT2D eigenvalue weighted by Crippen LogP contribution is 2.38. The molecule has 3 aromatic heterocycles. The first kappa shape index (κ1) is 18.1. The van der Waals surface area contributed by atoms with Gasteiger partial charge in [0.05, 0.1) is 28.5 Å². The fourth-order valence-corrected chi connectivity index (χ4v) is 3.12. The minimum Gasteiger partial charge on any atom is -0.272 e. The molecule has 0 saturated heterocycles. The van der Waals surface area contributed by atoms with Crippen molar-refractivity contribution >= 4 is 11.0 Å². The van der Waals surface area contributed by atoms with Gasteiger partial charge in [0.15, 0.2) is 5.65 Å². The van der Waals surface area contributed by atoms with Crippen LogP contribution in [0.3, 0.4) is 0 Å². The Balaban J connectivity index is 2.06. The van der Waals surface area contributed by atoms with Gasteiger partial charge in [-0.2, -0.15) is 23.4 Å². The van der Waals surface area contributed by atoms with E-state index in [4.69, 9.17) is 0 Å². The van der Waals surface area contributed by atoms with Crippen molar-refractivity contribution < 1.29 is 17.6 Å². The number of halogens is 4. The minimum absolute atomic E-state index is 0.0302. The number of hydrogen-bond acceptors (Lipinski definition) is 3. The van der Waals surface area contributed by atoms with Crippen LogP contribution in [0.15, 0.2) is 42.7 Å². The molecule has 144 valence electrons. The number of rotatable bonds is 3. The van der Waals surface area contributed by atoms with Gasteiger partial charge in [0, 0.05) is 18.3 Å². The van der Waals surface area contributed by atoms with Crippen molar-refractivity contribution in [1.29, 1.82) is 0 Å². The summed E-state index contributed by atoms with van der Waals surface area (Å²) in [5.41, 5.74) is -0.241. The number of aromatic nitrogens is 5. The molecule has 4 aromatic rings. The predicted molar refractivity (Wildman–Crippen MR) is 95.5 cm³/mol. The Morgan fingerprint density at radius 3 is 2.54 bits per heavy atom. The van der Waals surface area contributed by atoms with E-state index in [9.17, 15) is 17.6 Å². The molecular formula is C19H15F4N5. The van der Waals surface area contributed by atoms with Gasteiger partial charge in [-0.15, -0.1) is 0 Å². The van der Waals surface area contributed by atoms with E-state index in [2.05, 4.69) is 15.2 Å². The van der Waals surface area contributed by atoms with Gasteiger partial charge in [0.25, 0.3) is 0 Å². The number of alkyl halides is 3. The summed E-state index contributed by atoms with van der Waals surface area (Å²) in [6.45, 7) is 3.89. The second kappa shape index (κ2) is 6.43. The molecule has 0 spiro atoms. The van der Waals surface area contributed by atoms with E-state index in [1.165, 1.54) is 31.3 Å². The van der Waals surface area contributed by atoms with Crippen molar-refractivity contribution in [3.05, 3.63) is 59.8 Å². The molecule has 9 heteroatoms. The molecule has 0 atom stereocenters. The number of hydrogen-bond donors (Lipinski definition) is 0. The molecule has 0 unspecified atom stereocenters.